The number of nitrogens with one attached hydrogen (secondary N) is 1. The van der Waals surface area contributed by atoms with Crippen molar-refractivity contribution < 1.29 is 31.4 Å². The Labute approximate surface area is 141 Å². The minimum Gasteiger partial charge on any atom is -0.390 e. The van der Waals surface area contributed by atoms with Crippen molar-refractivity contribution in [1.82, 2.24) is 9.55 Å². The molecule has 3 aromatic rings. The van der Waals surface area contributed by atoms with Crippen molar-refractivity contribution in [2.45, 2.75) is 32.4 Å². The van der Waals surface area contributed by atoms with Crippen LogP contribution in [0.25, 0.3) is 21.8 Å². The Morgan fingerprint density at radius 1 is 1.12 bits per heavy atom. The third kappa shape index (κ3) is 2.94. The van der Waals surface area contributed by atoms with Crippen LogP contribution in [0.15, 0.2) is 23.0 Å². The van der Waals surface area contributed by atoms with E-state index in [-0.39, 0.29) is 27.7 Å². The lowest BCUT2D eigenvalue weighted by molar-refractivity contribution is -0.140. The Hall–Kier alpha value is -2.49. The second-order valence-corrected chi connectivity index (χ2v) is 5.86. The summed E-state index contributed by atoms with van der Waals surface area (Å²) >= 11 is 0. The van der Waals surface area contributed by atoms with Crippen molar-refractivity contribution in [3.8, 4) is 0 Å². The number of H-pyrrole nitrogens is 1. The largest absolute Gasteiger partial charge is 0.417 e. The fraction of sp³-hybridized carbons (Fsp3) is 0.312. The SMILES string of the molecule is Cc1c(CO)n(CC(F)(F)F)c2ccc3[nH]c(=O)cc(C(F)(F)F)c3c12. The highest BCUT2D eigenvalue weighted by molar-refractivity contribution is 6.09. The number of alkyl halides is 6. The monoisotopic (exact) mass is 378 g/mol. The fourth-order valence-corrected chi connectivity index (χ4v) is 3.23. The van der Waals surface area contributed by atoms with Crippen molar-refractivity contribution in [2.24, 2.45) is 0 Å². The molecule has 140 valence electrons. The first-order chi connectivity index (χ1) is 11.9. The molecule has 26 heavy (non-hydrogen) atoms. The number of aryl methyl sites for hydroxylation is 1. The van der Waals surface area contributed by atoms with Gasteiger partial charge in [-0.2, -0.15) is 26.3 Å². The van der Waals surface area contributed by atoms with Gasteiger partial charge >= 0.3 is 12.4 Å². The normalized spacial score (nSPS) is 13.1. The highest BCUT2D eigenvalue weighted by Gasteiger charge is 2.36. The molecule has 0 saturated carbocycles. The highest BCUT2D eigenvalue weighted by atomic mass is 19.4. The van der Waals surface area contributed by atoms with E-state index in [1.807, 2.05) is 0 Å². The van der Waals surface area contributed by atoms with Crippen LogP contribution in [0.5, 0.6) is 0 Å². The van der Waals surface area contributed by atoms with E-state index in [1.54, 1.807) is 0 Å². The Morgan fingerprint density at radius 2 is 1.77 bits per heavy atom. The van der Waals surface area contributed by atoms with Crippen LogP contribution in [0.4, 0.5) is 26.3 Å². The molecule has 0 fully saturated rings. The number of aromatic amines is 1. The number of nitrogens with zero attached hydrogens (tertiary/aromatic N) is 1. The lowest BCUT2D eigenvalue weighted by atomic mass is 10.0. The molecule has 0 unspecified atom stereocenters. The molecule has 0 bridgehead atoms. The molecule has 0 aliphatic carbocycles. The maximum atomic E-state index is 13.4. The first kappa shape index (κ1) is 18.3. The summed E-state index contributed by atoms with van der Waals surface area (Å²) in [4.78, 5) is 13.8. The molecule has 10 heteroatoms. The Morgan fingerprint density at radius 3 is 2.31 bits per heavy atom. The Bertz CT molecular complexity index is 1060. The van der Waals surface area contributed by atoms with Crippen molar-refractivity contribution in [3.63, 3.8) is 0 Å². The zero-order chi connectivity index (χ0) is 19.4. The molecule has 3 rings (SSSR count). The molecule has 4 nitrogen and oxygen atoms in total. The minimum absolute atomic E-state index is 0.0839. The maximum Gasteiger partial charge on any atom is 0.417 e. The van der Waals surface area contributed by atoms with E-state index in [4.69, 9.17) is 0 Å². The topological polar surface area (TPSA) is 58.0 Å². The second-order valence-electron chi connectivity index (χ2n) is 5.86. The molecule has 0 aliphatic heterocycles. The molecule has 0 spiro atoms. The molecule has 2 heterocycles. The van der Waals surface area contributed by atoms with E-state index >= 15 is 0 Å². The van der Waals surface area contributed by atoms with Gasteiger partial charge in [0.1, 0.15) is 6.54 Å². The second kappa shape index (κ2) is 5.76. The van der Waals surface area contributed by atoms with Crippen LogP contribution >= 0.6 is 0 Å². The van der Waals surface area contributed by atoms with Crippen molar-refractivity contribution in [2.75, 3.05) is 0 Å². The number of pyridine rings is 1. The molecule has 0 radical (unpaired) electrons. The van der Waals surface area contributed by atoms with Gasteiger partial charge in [-0.15, -0.1) is 0 Å². The molecule has 1 aromatic carbocycles. The summed E-state index contributed by atoms with van der Waals surface area (Å²) in [6, 6.07) is 2.70. The van der Waals surface area contributed by atoms with Gasteiger partial charge in [-0.25, -0.2) is 0 Å². The zero-order valence-corrected chi connectivity index (χ0v) is 13.2. The quantitative estimate of drug-likeness (QED) is 0.666. The molecule has 2 aromatic heterocycles. The number of halogens is 6. The number of aliphatic hydroxyl groups is 1. The van der Waals surface area contributed by atoms with Gasteiger partial charge in [0.25, 0.3) is 0 Å². The molecule has 2 N–H and O–H groups in total. The predicted octanol–water partition coefficient (Wildman–Crippen LogP) is 3.86. The first-order valence-corrected chi connectivity index (χ1v) is 7.36. The van der Waals surface area contributed by atoms with Crippen molar-refractivity contribution in [3.05, 3.63) is 45.4 Å². The van der Waals surface area contributed by atoms with Gasteiger partial charge in [-0.3, -0.25) is 4.79 Å². The molecule has 0 amide bonds. The van der Waals surface area contributed by atoms with Crippen LogP contribution < -0.4 is 5.56 Å². The summed E-state index contributed by atoms with van der Waals surface area (Å²) in [7, 11) is 0. The van der Waals surface area contributed by atoms with Crippen LogP contribution in [0.2, 0.25) is 0 Å². The van der Waals surface area contributed by atoms with E-state index in [1.165, 1.54) is 13.0 Å². The number of benzene rings is 1. The van der Waals surface area contributed by atoms with Gasteiger partial charge in [-0.05, 0) is 24.6 Å². The van der Waals surface area contributed by atoms with Gasteiger partial charge in [0, 0.05) is 33.6 Å². The van der Waals surface area contributed by atoms with E-state index in [0.717, 1.165) is 10.6 Å². The molecule has 0 saturated heterocycles. The van der Waals surface area contributed by atoms with Gasteiger partial charge in [0.15, 0.2) is 0 Å². The molecule has 0 atom stereocenters. The minimum atomic E-state index is -4.88. The smallest absolute Gasteiger partial charge is 0.390 e. The van der Waals surface area contributed by atoms with Crippen LogP contribution in [0, 0.1) is 6.92 Å². The lowest BCUT2D eigenvalue weighted by Crippen LogP contribution is -2.19. The summed E-state index contributed by atoms with van der Waals surface area (Å²) in [5.41, 5.74) is -2.50. The summed E-state index contributed by atoms with van der Waals surface area (Å²) in [5, 5.41) is 8.99. The summed E-state index contributed by atoms with van der Waals surface area (Å²) in [6.45, 7) is -0.891. The molecular weight excluding hydrogens is 366 g/mol. The highest BCUT2D eigenvalue weighted by Crippen LogP contribution is 2.40. The van der Waals surface area contributed by atoms with Crippen LogP contribution in [-0.2, 0) is 19.3 Å². The average molecular weight is 378 g/mol. The van der Waals surface area contributed by atoms with Gasteiger partial charge in [-0.1, -0.05) is 0 Å². The standard InChI is InChI=1S/C16H12F6N2O2/c1-7-11(5-25)24(6-15(17,18)19)10-3-2-9-14(13(7)10)8(16(20,21)22)4-12(26)23-9/h2-4,25H,5-6H2,1H3,(H,23,26). The van der Waals surface area contributed by atoms with Gasteiger partial charge in [0.05, 0.1) is 12.2 Å². The number of hydrogen-bond donors (Lipinski definition) is 2. The van der Waals surface area contributed by atoms with E-state index in [9.17, 15) is 36.2 Å². The van der Waals surface area contributed by atoms with E-state index in [2.05, 4.69) is 4.98 Å². The van der Waals surface area contributed by atoms with Gasteiger partial charge < -0.3 is 14.7 Å². The van der Waals surface area contributed by atoms with Crippen molar-refractivity contribution >= 4 is 21.8 Å². The van der Waals surface area contributed by atoms with Gasteiger partial charge in [0.2, 0.25) is 5.56 Å². The Kier molecular flexibility index (Phi) is 4.06. The van der Waals surface area contributed by atoms with E-state index in [0.29, 0.717) is 6.07 Å². The number of hydrogen-bond acceptors (Lipinski definition) is 2. The zero-order valence-electron chi connectivity index (χ0n) is 13.2. The third-order valence-corrected chi connectivity index (χ3v) is 4.20. The molecular formula is C16H12F6N2O2. The summed E-state index contributed by atoms with van der Waals surface area (Å²) in [5.74, 6) is 0. The van der Waals surface area contributed by atoms with Crippen LogP contribution in [-0.4, -0.2) is 20.8 Å². The third-order valence-electron chi connectivity index (χ3n) is 4.20. The molecule has 0 aliphatic rings. The maximum absolute atomic E-state index is 13.4. The van der Waals surface area contributed by atoms with Crippen LogP contribution in [0.1, 0.15) is 16.8 Å². The number of aromatic nitrogens is 2. The van der Waals surface area contributed by atoms with Crippen molar-refractivity contribution in [1.29, 1.82) is 0 Å². The fourth-order valence-electron chi connectivity index (χ4n) is 3.23. The number of aliphatic hydroxyl groups excluding tert-OH is 1. The average Bonchev–Trinajstić information content (AvgIpc) is 2.75. The lowest BCUT2D eigenvalue weighted by Gasteiger charge is -2.13. The van der Waals surface area contributed by atoms with Crippen LogP contribution in [0.3, 0.4) is 0 Å². The number of fused-ring (bicyclic) bond motifs is 3. The number of rotatable bonds is 2. The Balaban J connectivity index is 2.53. The summed E-state index contributed by atoms with van der Waals surface area (Å²) in [6.07, 6.45) is -9.51. The van der Waals surface area contributed by atoms with E-state index < -0.39 is 42.0 Å². The first-order valence-electron chi connectivity index (χ1n) is 7.36. The summed E-state index contributed by atoms with van der Waals surface area (Å²) < 4.78 is 79.7. The predicted molar refractivity (Wildman–Crippen MR) is 81.8 cm³/mol.